The van der Waals surface area contributed by atoms with Gasteiger partial charge in [-0.2, -0.15) is 0 Å². The second-order valence-electron chi connectivity index (χ2n) is 4.92. The summed E-state index contributed by atoms with van der Waals surface area (Å²) in [4.78, 5) is 0. The summed E-state index contributed by atoms with van der Waals surface area (Å²) in [5, 5.41) is 6.53. The van der Waals surface area contributed by atoms with Crippen molar-refractivity contribution in [1.29, 1.82) is 0 Å². The molecule has 2 rings (SSSR count). The van der Waals surface area contributed by atoms with Gasteiger partial charge in [0.1, 0.15) is 5.75 Å². The summed E-state index contributed by atoms with van der Waals surface area (Å²) in [7, 11) is 1.75. The van der Waals surface area contributed by atoms with Crippen molar-refractivity contribution in [3.8, 4) is 5.75 Å². The van der Waals surface area contributed by atoms with Gasteiger partial charge in [0.25, 0.3) is 0 Å². The zero-order chi connectivity index (χ0) is 13.3. The van der Waals surface area contributed by atoms with Crippen LogP contribution in [0.4, 0.5) is 0 Å². The van der Waals surface area contributed by atoms with Gasteiger partial charge >= 0.3 is 0 Å². The van der Waals surface area contributed by atoms with Crippen molar-refractivity contribution in [2.75, 3.05) is 13.8 Å². The average molecular weight is 283 g/mol. The second kappa shape index (κ2) is 6.20. The number of hydrogen-bond donors (Lipinski definition) is 2. The van der Waals surface area contributed by atoms with E-state index in [2.05, 4.69) is 44.5 Å². The Labute approximate surface area is 121 Å². The van der Waals surface area contributed by atoms with Gasteiger partial charge in [-0.3, -0.25) is 0 Å². The maximum atomic E-state index is 5.52. The highest BCUT2D eigenvalue weighted by atomic mass is 35.5. The van der Waals surface area contributed by atoms with Gasteiger partial charge in [-0.15, -0.1) is 12.4 Å². The predicted octanol–water partition coefficient (Wildman–Crippen LogP) is 2.88. The number of rotatable bonds is 3. The minimum atomic E-state index is 0. The largest absolute Gasteiger partial charge is 0.496 e. The Kier molecular flexibility index (Phi) is 5.12. The fourth-order valence-corrected chi connectivity index (χ4v) is 2.62. The minimum absolute atomic E-state index is 0. The van der Waals surface area contributed by atoms with Crippen molar-refractivity contribution in [1.82, 2.24) is 10.6 Å². The molecule has 1 aromatic carbocycles. The molecule has 0 amide bonds. The number of nitrogens with one attached hydrogen (secondary N) is 2. The molecule has 4 heteroatoms. The van der Waals surface area contributed by atoms with Crippen LogP contribution in [0.25, 0.3) is 0 Å². The highest BCUT2D eigenvalue weighted by molar-refractivity contribution is 5.85. The molecule has 1 heterocycles. The van der Waals surface area contributed by atoms with Crippen LogP contribution >= 0.6 is 12.4 Å². The molecule has 1 aliphatic rings. The summed E-state index contributed by atoms with van der Waals surface area (Å²) in [6.07, 6.45) is 3.02. The Balaban J connectivity index is 0.00000180. The first kappa shape index (κ1) is 15.7. The quantitative estimate of drug-likeness (QED) is 0.894. The molecular weight excluding hydrogens is 260 g/mol. The lowest BCUT2D eigenvalue weighted by atomic mass is 9.90. The van der Waals surface area contributed by atoms with Crippen LogP contribution in [0.5, 0.6) is 5.75 Å². The first-order valence-electron chi connectivity index (χ1n) is 6.35. The molecule has 0 atom stereocenters. The van der Waals surface area contributed by atoms with Crippen LogP contribution in [0, 0.1) is 27.7 Å². The molecule has 0 aromatic heterocycles. The van der Waals surface area contributed by atoms with E-state index in [0.717, 1.165) is 18.8 Å². The Morgan fingerprint density at radius 1 is 1.05 bits per heavy atom. The maximum absolute atomic E-state index is 5.52. The Hall–Kier alpha value is -1.35. The molecular formula is C15H23ClN2O. The molecule has 1 aromatic rings. The molecule has 0 aliphatic carbocycles. The second-order valence-corrected chi connectivity index (χ2v) is 4.92. The van der Waals surface area contributed by atoms with E-state index in [1.54, 1.807) is 7.11 Å². The summed E-state index contributed by atoms with van der Waals surface area (Å²) in [5.41, 5.74) is 7.84. The molecule has 2 N–H and O–H groups in total. The Morgan fingerprint density at radius 3 is 2.05 bits per heavy atom. The Bertz CT molecular complexity index is 480. The third-order valence-corrected chi connectivity index (χ3v) is 3.98. The monoisotopic (exact) mass is 282 g/mol. The highest BCUT2D eigenvalue weighted by Crippen LogP contribution is 2.33. The number of ether oxygens (including phenoxy) is 1. The summed E-state index contributed by atoms with van der Waals surface area (Å²) < 4.78 is 5.52. The fraction of sp³-hybridized carbons (Fsp3) is 0.467. The van der Waals surface area contributed by atoms with Gasteiger partial charge < -0.3 is 15.4 Å². The maximum Gasteiger partial charge on any atom is 0.125 e. The van der Waals surface area contributed by atoms with Crippen LogP contribution in [-0.4, -0.2) is 13.8 Å². The van der Waals surface area contributed by atoms with Crippen molar-refractivity contribution in [2.45, 2.75) is 34.1 Å². The third-order valence-electron chi connectivity index (χ3n) is 3.98. The summed E-state index contributed by atoms with van der Waals surface area (Å²) in [6, 6.07) is 0. The fourth-order valence-electron chi connectivity index (χ4n) is 2.62. The molecule has 0 radical (unpaired) electrons. The first-order chi connectivity index (χ1) is 8.56. The summed E-state index contributed by atoms with van der Waals surface area (Å²) >= 11 is 0. The SMILES string of the molecule is COc1c(C)c(C)c(CC2=CNCN2)c(C)c1C.Cl. The number of allylic oxidation sites excluding steroid dienone is 1. The molecule has 0 spiro atoms. The van der Waals surface area contributed by atoms with Crippen molar-refractivity contribution in [3.05, 3.63) is 39.7 Å². The van der Waals surface area contributed by atoms with E-state index in [1.807, 2.05) is 0 Å². The van der Waals surface area contributed by atoms with E-state index in [9.17, 15) is 0 Å². The van der Waals surface area contributed by atoms with Gasteiger partial charge in [-0.25, -0.2) is 0 Å². The smallest absolute Gasteiger partial charge is 0.125 e. The lowest BCUT2D eigenvalue weighted by molar-refractivity contribution is 0.407. The number of halogens is 1. The molecule has 3 nitrogen and oxygen atoms in total. The van der Waals surface area contributed by atoms with Crippen LogP contribution in [0.1, 0.15) is 27.8 Å². The third kappa shape index (κ3) is 2.81. The van der Waals surface area contributed by atoms with Crippen LogP contribution in [0.3, 0.4) is 0 Å². The van der Waals surface area contributed by atoms with Gasteiger partial charge in [0, 0.05) is 18.3 Å². The van der Waals surface area contributed by atoms with Crippen LogP contribution in [-0.2, 0) is 6.42 Å². The van der Waals surface area contributed by atoms with Crippen LogP contribution in [0.2, 0.25) is 0 Å². The molecule has 0 bridgehead atoms. The van der Waals surface area contributed by atoms with Gasteiger partial charge in [0.05, 0.1) is 13.8 Å². The van der Waals surface area contributed by atoms with Crippen LogP contribution < -0.4 is 15.4 Å². The standard InChI is InChI=1S/C15H22N2O.ClH/c1-9-11(3)15(18-5)12(4)10(2)14(9)6-13-7-16-8-17-13;/h7,16-17H,6,8H2,1-5H3;1H. The molecule has 0 saturated heterocycles. The van der Waals surface area contributed by atoms with Gasteiger partial charge in [0.15, 0.2) is 0 Å². The van der Waals surface area contributed by atoms with Crippen molar-refractivity contribution in [3.63, 3.8) is 0 Å². The van der Waals surface area contributed by atoms with E-state index >= 15 is 0 Å². The zero-order valence-corrected chi connectivity index (χ0v) is 13.1. The first-order valence-corrected chi connectivity index (χ1v) is 6.35. The number of benzene rings is 1. The number of methoxy groups -OCH3 is 1. The van der Waals surface area contributed by atoms with E-state index in [4.69, 9.17) is 4.74 Å². The topological polar surface area (TPSA) is 33.3 Å². The van der Waals surface area contributed by atoms with E-state index < -0.39 is 0 Å². The van der Waals surface area contributed by atoms with Crippen molar-refractivity contribution in [2.24, 2.45) is 0 Å². The normalized spacial score (nSPS) is 13.2. The highest BCUT2D eigenvalue weighted by Gasteiger charge is 2.16. The van der Waals surface area contributed by atoms with Gasteiger partial charge in [0.2, 0.25) is 0 Å². The van der Waals surface area contributed by atoms with E-state index in [0.29, 0.717) is 0 Å². The average Bonchev–Trinajstić information content (AvgIpc) is 2.86. The van der Waals surface area contributed by atoms with E-state index in [-0.39, 0.29) is 12.4 Å². The molecule has 106 valence electrons. The van der Waals surface area contributed by atoms with Gasteiger partial charge in [-0.1, -0.05) is 0 Å². The van der Waals surface area contributed by atoms with Crippen LogP contribution in [0.15, 0.2) is 11.9 Å². The lowest BCUT2D eigenvalue weighted by Gasteiger charge is -2.19. The van der Waals surface area contributed by atoms with Gasteiger partial charge in [-0.05, 0) is 55.5 Å². The molecule has 0 fully saturated rings. The van der Waals surface area contributed by atoms with Crippen molar-refractivity contribution >= 4 is 12.4 Å². The number of hydrogen-bond acceptors (Lipinski definition) is 3. The van der Waals surface area contributed by atoms with Crippen molar-refractivity contribution < 1.29 is 4.74 Å². The summed E-state index contributed by atoms with van der Waals surface area (Å²) in [5.74, 6) is 1.03. The zero-order valence-electron chi connectivity index (χ0n) is 12.3. The molecule has 0 unspecified atom stereocenters. The predicted molar refractivity (Wildman–Crippen MR) is 82.1 cm³/mol. The molecule has 1 aliphatic heterocycles. The Morgan fingerprint density at radius 2 is 1.63 bits per heavy atom. The van der Waals surface area contributed by atoms with E-state index in [1.165, 1.54) is 33.5 Å². The molecule has 0 saturated carbocycles. The summed E-state index contributed by atoms with van der Waals surface area (Å²) in [6.45, 7) is 9.48. The lowest BCUT2D eigenvalue weighted by Crippen LogP contribution is -2.16. The minimum Gasteiger partial charge on any atom is -0.496 e. The molecule has 19 heavy (non-hydrogen) atoms.